The highest BCUT2D eigenvalue weighted by molar-refractivity contribution is 5.81. The van der Waals surface area contributed by atoms with Crippen LogP contribution in [0.3, 0.4) is 0 Å². The van der Waals surface area contributed by atoms with Crippen LogP contribution in [0.4, 0.5) is 0 Å². The van der Waals surface area contributed by atoms with Gasteiger partial charge in [-0.25, -0.2) is 0 Å². The lowest BCUT2D eigenvalue weighted by molar-refractivity contribution is -0.207. The summed E-state index contributed by atoms with van der Waals surface area (Å²) in [6.45, 7) is 6.35. The molecule has 2 unspecified atom stereocenters. The first-order valence-corrected chi connectivity index (χ1v) is 13.0. The summed E-state index contributed by atoms with van der Waals surface area (Å²) in [4.78, 5) is 22.7. The van der Waals surface area contributed by atoms with Gasteiger partial charge in [0.2, 0.25) is 5.91 Å². The number of carbonyl (C=O) groups is 2. The zero-order valence-electron chi connectivity index (χ0n) is 20.9. The molecule has 196 valence electrons. The van der Waals surface area contributed by atoms with Crippen LogP contribution in [0.1, 0.15) is 78.6 Å². The molecule has 8 nitrogen and oxygen atoms in total. The van der Waals surface area contributed by atoms with Crippen LogP contribution < -0.4 is 5.32 Å². The third kappa shape index (κ3) is 4.51. The first kappa shape index (κ1) is 27.4. The van der Waals surface area contributed by atoms with Crippen LogP contribution >= 0.6 is 0 Å². The first-order chi connectivity index (χ1) is 15.5. The number of amides is 1. The molecule has 4 rings (SSSR count). The SMILES string of the molecule is C[C@H](CCC(=O)NCC(=O)O)[C@H]1CC[C@H]2[C@@H]3[C@H](O)C[C@@H]4C[C@H](O)CCC4(C)[C@H]3C[C@H](O)C12C.O. The van der Waals surface area contributed by atoms with Crippen molar-refractivity contribution in [1.29, 1.82) is 0 Å². The maximum absolute atomic E-state index is 12.0. The fourth-order valence-electron chi connectivity index (χ4n) is 8.95. The Morgan fingerprint density at radius 1 is 1.03 bits per heavy atom. The minimum absolute atomic E-state index is 0. The Labute approximate surface area is 202 Å². The molecule has 0 bridgehead atoms. The highest BCUT2D eigenvalue weighted by Gasteiger charge is 2.65. The number of aliphatic hydroxyl groups excluding tert-OH is 3. The highest BCUT2D eigenvalue weighted by atomic mass is 16.4. The van der Waals surface area contributed by atoms with Crippen LogP contribution in [0.15, 0.2) is 0 Å². The van der Waals surface area contributed by atoms with E-state index in [1.54, 1.807) is 0 Å². The Morgan fingerprint density at radius 2 is 1.74 bits per heavy atom. The number of rotatable bonds is 6. The molecule has 0 saturated heterocycles. The zero-order chi connectivity index (χ0) is 24.1. The van der Waals surface area contributed by atoms with Gasteiger partial charge in [0, 0.05) is 6.42 Å². The molecule has 4 aliphatic rings. The van der Waals surface area contributed by atoms with Crippen molar-refractivity contribution in [3.05, 3.63) is 0 Å². The number of aliphatic hydroxyl groups is 3. The Morgan fingerprint density at radius 3 is 2.41 bits per heavy atom. The third-order valence-corrected chi connectivity index (χ3v) is 10.8. The average Bonchev–Trinajstić information content (AvgIpc) is 3.11. The molecule has 0 aromatic rings. The predicted octanol–water partition coefficient (Wildman–Crippen LogP) is 1.74. The van der Waals surface area contributed by atoms with Crippen molar-refractivity contribution in [1.82, 2.24) is 5.32 Å². The van der Waals surface area contributed by atoms with Crippen LogP contribution in [0.2, 0.25) is 0 Å². The summed E-state index contributed by atoms with van der Waals surface area (Å²) in [6.07, 6.45) is 5.86. The van der Waals surface area contributed by atoms with E-state index in [0.29, 0.717) is 25.2 Å². The molecule has 1 amide bonds. The van der Waals surface area contributed by atoms with E-state index in [9.17, 15) is 24.9 Å². The smallest absolute Gasteiger partial charge is 0.322 e. The molecule has 0 radical (unpaired) electrons. The number of carboxylic acid groups (broad SMARTS) is 1. The number of hydrogen-bond donors (Lipinski definition) is 5. The maximum atomic E-state index is 12.0. The van der Waals surface area contributed by atoms with Crippen molar-refractivity contribution in [3.63, 3.8) is 0 Å². The van der Waals surface area contributed by atoms with Crippen molar-refractivity contribution in [2.75, 3.05) is 6.54 Å². The van der Waals surface area contributed by atoms with Gasteiger partial charge in [-0.2, -0.15) is 0 Å². The van der Waals surface area contributed by atoms with Crippen molar-refractivity contribution in [3.8, 4) is 0 Å². The van der Waals surface area contributed by atoms with Crippen LogP contribution in [0, 0.1) is 46.3 Å². The van der Waals surface area contributed by atoms with E-state index >= 15 is 0 Å². The largest absolute Gasteiger partial charge is 0.480 e. The van der Waals surface area contributed by atoms with Crippen molar-refractivity contribution < 1.29 is 35.5 Å². The lowest BCUT2D eigenvalue weighted by Crippen LogP contribution is -2.62. The molecule has 0 aliphatic heterocycles. The summed E-state index contributed by atoms with van der Waals surface area (Å²) in [6, 6.07) is 0. The summed E-state index contributed by atoms with van der Waals surface area (Å²) in [5.41, 5.74) is -0.214. The molecule has 11 atom stereocenters. The second-order valence-electron chi connectivity index (χ2n) is 12.2. The number of hydrogen-bond acceptors (Lipinski definition) is 5. The zero-order valence-corrected chi connectivity index (χ0v) is 20.9. The predicted molar refractivity (Wildman–Crippen MR) is 127 cm³/mol. The standard InChI is InChI=1S/C26H43NO6.H2O/c1-14(4-7-22(31)27-13-23(32)33)17-5-6-18-24-19(12-21(30)26(17,18)3)25(2)9-8-16(28)10-15(25)11-20(24)29;/h14-21,24,28-30H,4-13H2,1-3H3,(H,27,31)(H,32,33);1H2/t14-,15+,16-,17-,18+,19+,20-,21+,24+,25?,26?;/m1./s1. The van der Waals surface area contributed by atoms with Gasteiger partial charge in [0.05, 0.1) is 18.3 Å². The van der Waals surface area contributed by atoms with Gasteiger partial charge in [0.15, 0.2) is 0 Å². The summed E-state index contributed by atoms with van der Waals surface area (Å²) in [7, 11) is 0. The molecule has 4 saturated carbocycles. The normalized spacial score (nSPS) is 46.3. The molecule has 0 aromatic carbocycles. The summed E-state index contributed by atoms with van der Waals surface area (Å²) in [5.74, 6) is 0.265. The molecule has 4 fully saturated rings. The van der Waals surface area contributed by atoms with E-state index in [-0.39, 0.29) is 70.6 Å². The van der Waals surface area contributed by atoms with E-state index in [2.05, 4.69) is 26.1 Å². The van der Waals surface area contributed by atoms with Gasteiger partial charge in [0.25, 0.3) is 0 Å². The number of carboxylic acids is 1. The average molecular weight is 484 g/mol. The molecule has 4 aliphatic carbocycles. The number of fused-ring (bicyclic) bond motifs is 5. The summed E-state index contributed by atoms with van der Waals surface area (Å²) in [5, 5.41) is 44.4. The van der Waals surface area contributed by atoms with Gasteiger partial charge in [-0.1, -0.05) is 20.8 Å². The van der Waals surface area contributed by atoms with Gasteiger partial charge in [-0.05, 0) is 97.7 Å². The minimum Gasteiger partial charge on any atom is -0.480 e. The van der Waals surface area contributed by atoms with E-state index in [1.165, 1.54) is 0 Å². The monoisotopic (exact) mass is 483 g/mol. The molecule has 7 N–H and O–H groups in total. The van der Waals surface area contributed by atoms with E-state index in [1.807, 2.05) is 0 Å². The molecule has 34 heavy (non-hydrogen) atoms. The molecular formula is C26H45NO7. The van der Waals surface area contributed by atoms with Gasteiger partial charge in [0.1, 0.15) is 6.54 Å². The lowest BCUT2D eigenvalue weighted by atomic mass is 9.43. The van der Waals surface area contributed by atoms with Crippen molar-refractivity contribution in [2.45, 2.75) is 96.9 Å². The quantitative estimate of drug-likeness (QED) is 0.387. The van der Waals surface area contributed by atoms with Crippen LogP contribution in [0.25, 0.3) is 0 Å². The highest BCUT2D eigenvalue weighted by Crippen LogP contribution is 2.68. The Hall–Kier alpha value is -1.22. The fourth-order valence-corrected chi connectivity index (χ4v) is 8.95. The van der Waals surface area contributed by atoms with Gasteiger partial charge in [-0.3, -0.25) is 9.59 Å². The van der Waals surface area contributed by atoms with E-state index in [4.69, 9.17) is 5.11 Å². The molecule has 0 aromatic heterocycles. The molecule has 0 spiro atoms. The maximum Gasteiger partial charge on any atom is 0.322 e. The third-order valence-electron chi connectivity index (χ3n) is 10.8. The topological polar surface area (TPSA) is 159 Å². The van der Waals surface area contributed by atoms with Crippen LogP contribution in [0.5, 0.6) is 0 Å². The van der Waals surface area contributed by atoms with E-state index < -0.39 is 12.1 Å². The Bertz CT molecular complexity index is 761. The summed E-state index contributed by atoms with van der Waals surface area (Å²) >= 11 is 0. The summed E-state index contributed by atoms with van der Waals surface area (Å²) < 4.78 is 0. The minimum atomic E-state index is -1.04. The lowest BCUT2D eigenvalue weighted by Gasteiger charge is -2.63. The second kappa shape index (κ2) is 10.0. The molecular weight excluding hydrogens is 438 g/mol. The van der Waals surface area contributed by atoms with Gasteiger partial charge in [-0.15, -0.1) is 0 Å². The number of nitrogens with one attached hydrogen (secondary N) is 1. The Kier molecular flexibility index (Phi) is 8.08. The van der Waals surface area contributed by atoms with Gasteiger partial charge < -0.3 is 31.2 Å². The number of aliphatic carboxylic acids is 1. The Balaban J connectivity index is 0.00000324. The molecule has 8 heteroatoms. The van der Waals surface area contributed by atoms with Crippen molar-refractivity contribution >= 4 is 11.9 Å². The van der Waals surface area contributed by atoms with Gasteiger partial charge >= 0.3 is 5.97 Å². The fraction of sp³-hybridized carbons (Fsp3) is 0.923. The van der Waals surface area contributed by atoms with E-state index in [0.717, 1.165) is 38.5 Å². The van der Waals surface area contributed by atoms with Crippen LogP contribution in [-0.2, 0) is 9.59 Å². The molecule has 0 heterocycles. The van der Waals surface area contributed by atoms with Crippen molar-refractivity contribution in [2.24, 2.45) is 46.3 Å². The number of carbonyl (C=O) groups excluding carboxylic acids is 1. The first-order valence-electron chi connectivity index (χ1n) is 13.0. The second-order valence-corrected chi connectivity index (χ2v) is 12.2. The van der Waals surface area contributed by atoms with Crippen LogP contribution in [-0.4, -0.2) is 62.6 Å².